The molecule has 0 amide bonds. The first kappa shape index (κ1) is 16.0. The largest absolute Gasteiger partial charge is 0.493 e. The van der Waals surface area contributed by atoms with Gasteiger partial charge in [-0.05, 0) is 17.7 Å². The fourth-order valence-corrected chi connectivity index (χ4v) is 1.56. The van der Waals surface area contributed by atoms with Gasteiger partial charge in [-0.2, -0.15) is 5.26 Å². The molecule has 0 spiro atoms. The Morgan fingerprint density at radius 1 is 1.35 bits per heavy atom. The van der Waals surface area contributed by atoms with Gasteiger partial charge in [0.1, 0.15) is 18.5 Å². The fraction of sp³-hybridized carbons (Fsp3) is 0.429. The number of benzene rings is 1. The topological polar surface area (TPSA) is 99.8 Å². The van der Waals surface area contributed by atoms with Crippen molar-refractivity contribution in [2.75, 3.05) is 13.7 Å². The van der Waals surface area contributed by atoms with E-state index in [0.29, 0.717) is 24.3 Å². The number of rotatable bonds is 7. The number of ether oxygens (including phenoxy) is 2. The van der Waals surface area contributed by atoms with Crippen molar-refractivity contribution < 1.29 is 24.5 Å². The summed E-state index contributed by atoms with van der Waals surface area (Å²) in [5, 5.41) is 28.0. The number of hydrogen-bond acceptors (Lipinski definition) is 6. The Morgan fingerprint density at radius 3 is 2.55 bits per heavy atom. The van der Waals surface area contributed by atoms with Crippen LogP contribution in [0, 0.1) is 11.3 Å². The van der Waals surface area contributed by atoms with Crippen LogP contribution in [0.1, 0.15) is 24.5 Å². The molecule has 0 fully saturated rings. The highest BCUT2D eigenvalue weighted by Crippen LogP contribution is 2.22. The zero-order chi connectivity index (χ0) is 15.0. The minimum atomic E-state index is -1.23. The average Bonchev–Trinajstić information content (AvgIpc) is 2.47. The zero-order valence-corrected chi connectivity index (χ0v) is 11.2. The predicted molar refractivity (Wildman–Crippen MR) is 69.8 cm³/mol. The molecule has 0 saturated heterocycles. The molecule has 1 aromatic rings. The number of aliphatic hydroxyl groups is 2. The fourth-order valence-electron chi connectivity index (χ4n) is 1.56. The lowest BCUT2D eigenvalue weighted by Crippen LogP contribution is -2.22. The lowest BCUT2D eigenvalue weighted by molar-refractivity contribution is -0.144. The quantitative estimate of drug-likeness (QED) is 0.569. The molecule has 2 unspecified atom stereocenters. The Kier molecular flexibility index (Phi) is 6.50. The van der Waals surface area contributed by atoms with Crippen molar-refractivity contribution in [3.05, 3.63) is 29.8 Å². The van der Waals surface area contributed by atoms with Gasteiger partial charge in [-0.15, -0.1) is 0 Å². The van der Waals surface area contributed by atoms with E-state index in [4.69, 9.17) is 10.00 Å². The maximum Gasteiger partial charge on any atom is 0.308 e. The molecular weight excluding hydrogens is 262 g/mol. The van der Waals surface area contributed by atoms with Gasteiger partial charge < -0.3 is 19.7 Å². The van der Waals surface area contributed by atoms with Crippen molar-refractivity contribution in [1.29, 1.82) is 5.26 Å². The number of esters is 1. The van der Waals surface area contributed by atoms with E-state index in [9.17, 15) is 15.0 Å². The molecule has 108 valence electrons. The summed E-state index contributed by atoms with van der Waals surface area (Å²) in [6, 6.07) is 8.40. The second-order valence-corrected chi connectivity index (χ2v) is 4.12. The van der Waals surface area contributed by atoms with E-state index < -0.39 is 18.2 Å². The Morgan fingerprint density at radius 2 is 2.00 bits per heavy atom. The summed E-state index contributed by atoms with van der Waals surface area (Å²) < 4.78 is 9.71. The average molecular weight is 279 g/mol. The zero-order valence-electron chi connectivity index (χ0n) is 11.2. The first-order chi connectivity index (χ1) is 9.58. The van der Waals surface area contributed by atoms with Crippen LogP contribution in [0.3, 0.4) is 0 Å². The second-order valence-electron chi connectivity index (χ2n) is 4.12. The number of hydrogen-bond donors (Lipinski definition) is 2. The third-order valence-corrected chi connectivity index (χ3v) is 2.67. The Labute approximate surface area is 117 Å². The Hall–Kier alpha value is -2.10. The van der Waals surface area contributed by atoms with Crippen LogP contribution in [0.4, 0.5) is 0 Å². The van der Waals surface area contributed by atoms with Crippen LogP contribution in [-0.2, 0) is 9.53 Å². The standard InChI is InChI=1S/C14H17NO5/c1-19-13(17)9-12(16)14(18)10-3-5-11(6-4-10)20-8-2-7-15/h3-6,12,14,16,18H,2,8-9H2,1H3. The van der Waals surface area contributed by atoms with Crippen LogP contribution in [-0.4, -0.2) is 36.0 Å². The van der Waals surface area contributed by atoms with Crippen LogP contribution >= 0.6 is 0 Å². The minimum absolute atomic E-state index is 0.280. The number of carbonyl (C=O) groups excluding carboxylic acids is 1. The number of nitriles is 1. The summed E-state index contributed by atoms with van der Waals surface area (Å²) in [5.74, 6) is -0.0216. The molecule has 1 rings (SSSR count). The molecule has 0 aliphatic rings. The van der Waals surface area contributed by atoms with E-state index in [2.05, 4.69) is 4.74 Å². The van der Waals surface area contributed by atoms with Gasteiger partial charge in [0.15, 0.2) is 0 Å². The molecule has 2 N–H and O–H groups in total. The van der Waals surface area contributed by atoms with Gasteiger partial charge >= 0.3 is 5.97 Å². The molecule has 2 atom stereocenters. The maximum atomic E-state index is 11.0. The van der Waals surface area contributed by atoms with Gasteiger partial charge in [0.05, 0.1) is 32.1 Å². The monoisotopic (exact) mass is 279 g/mol. The molecule has 0 saturated carbocycles. The molecular formula is C14H17NO5. The normalized spacial score (nSPS) is 13.1. The van der Waals surface area contributed by atoms with Crippen molar-refractivity contribution in [2.45, 2.75) is 25.0 Å². The summed E-state index contributed by atoms with van der Waals surface area (Å²) in [6.07, 6.45) is -2.39. The third-order valence-electron chi connectivity index (χ3n) is 2.67. The van der Waals surface area contributed by atoms with E-state index in [1.807, 2.05) is 6.07 Å². The first-order valence-electron chi connectivity index (χ1n) is 6.11. The van der Waals surface area contributed by atoms with Gasteiger partial charge in [0.2, 0.25) is 0 Å². The Bertz CT molecular complexity index is 465. The van der Waals surface area contributed by atoms with E-state index in [0.717, 1.165) is 0 Å². The van der Waals surface area contributed by atoms with Crippen LogP contribution in [0.5, 0.6) is 5.75 Å². The van der Waals surface area contributed by atoms with E-state index >= 15 is 0 Å². The van der Waals surface area contributed by atoms with Gasteiger partial charge in [-0.1, -0.05) is 12.1 Å². The summed E-state index contributed by atoms with van der Waals surface area (Å²) in [7, 11) is 1.22. The number of carbonyl (C=O) groups is 1. The highest BCUT2D eigenvalue weighted by atomic mass is 16.5. The van der Waals surface area contributed by atoms with Crippen molar-refractivity contribution in [3.63, 3.8) is 0 Å². The highest BCUT2D eigenvalue weighted by Gasteiger charge is 2.21. The molecule has 0 bridgehead atoms. The van der Waals surface area contributed by atoms with Crippen molar-refractivity contribution in [1.82, 2.24) is 0 Å². The third kappa shape index (κ3) is 4.88. The lowest BCUT2D eigenvalue weighted by atomic mass is 10.0. The van der Waals surface area contributed by atoms with Crippen LogP contribution in [0.2, 0.25) is 0 Å². The van der Waals surface area contributed by atoms with Crippen LogP contribution < -0.4 is 4.74 Å². The molecule has 20 heavy (non-hydrogen) atoms. The number of aliphatic hydroxyl groups excluding tert-OH is 2. The summed E-state index contributed by atoms with van der Waals surface area (Å²) in [4.78, 5) is 11.0. The van der Waals surface area contributed by atoms with Gasteiger partial charge in [0, 0.05) is 0 Å². The highest BCUT2D eigenvalue weighted by molar-refractivity contribution is 5.69. The molecule has 0 aliphatic carbocycles. The molecule has 6 heteroatoms. The maximum absolute atomic E-state index is 11.0. The predicted octanol–water partition coefficient (Wildman–Crippen LogP) is 0.936. The van der Waals surface area contributed by atoms with Gasteiger partial charge in [-0.3, -0.25) is 4.79 Å². The molecule has 1 aromatic carbocycles. The van der Waals surface area contributed by atoms with E-state index in [1.54, 1.807) is 24.3 Å². The summed E-state index contributed by atoms with van der Waals surface area (Å²) in [5.41, 5.74) is 0.467. The number of methoxy groups -OCH3 is 1. The van der Waals surface area contributed by atoms with Gasteiger partial charge in [-0.25, -0.2) is 0 Å². The van der Waals surface area contributed by atoms with Crippen LogP contribution in [0.25, 0.3) is 0 Å². The van der Waals surface area contributed by atoms with Crippen LogP contribution in [0.15, 0.2) is 24.3 Å². The first-order valence-corrected chi connectivity index (χ1v) is 6.11. The minimum Gasteiger partial charge on any atom is -0.493 e. The number of nitrogens with zero attached hydrogens (tertiary/aromatic N) is 1. The SMILES string of the molecule is COC(=O)CC(O)C(O)c1ccc(OCCC#N)cc1. The second kappa shape index (κ2) is 8.15. The molecule has 0 heterocycles. The molecule has 0 radical (unpaired) electrons. The lowest BCUT2D eigenvalue weighted by Gasteiger charge is -2.17. The van der Waals surface area contributed by atoms with E-state index in [1.165, 1.54) is 7.11 Å². The molecule has 0 aliphatic heterocycles. The van der Waals surface area contributed by atoms with E-state index in [-0.39, 0.29) is 6.42 Å². The van der Waals surface area contributed by atoms with Crippen molar-refractivity contribution >= 4 is 5.97 Å². The van der Waals surface area contributed by atoms with Gasteiger partial charge in [0.25, 0.3) is 0 Å². The smallest absolute Gasteiger partial charge is 0.308 e. The van der Waals surface area contributed by atoms with Crippen molar-refractivity contribution in [2.24, 2.45) is 0 Å². The molecule has 6 nitrogen and oxygen atoms in total. The Balaban J connectivity index is 2.58. The summed E-state index contributed by atoms with van der Waals surface area (Å²) >= 11 is 0. The summed E-state index contributed by atoms with van der Waals surface area (Å²) in [6.45, 7) is 0.295. The molecule has 0 aromatic heterocycles. The van der Waals surface area contributed by atoms with Crippen molar-refractivity contribution in [3.8, 4) is 11.8 Å².